The zero-order valence-corrected chi connectivity index (χ0v) is 13.2. The molecule has 0 bridgehead atoms. The highest BCUT2D eigenvalue weighted by molar-refractivity contribution is 5.66. The predicted molar refractivity (Wildman–Crippen MR) is 84.2 cm³/mol. The molecule has 5 heteroatoms. The fraction of sp³-hybridized carbons (Fsp3) is 0.733. The maximum atomic E-state index is 6.09. The molecule has 0 aliphatic heterocycles. The van der Waals surface area contributed by atoms with E-state index in [2.05, 4.69) is 43.0 Å². The van der Waals surface area contributed by atoms with Gasteiger partial charge in [0.25, 0.3) is 0 Å². The van der Waals surface area contributed by atoms with Gasteiger partial charge in [-0.25, -0.2) is 4.98 Å². The van der Waals surface area contributed by atoms with Gasteiger partial charge in [0.1, 0.15) is 11.5 Å². The highest BCUT2D eigenvalue weighted by Gasteiger charge is 2.12. The summed E-state index contributed by atoms with van der Waals surface area (Å²) in [6.45, 7) is 10.0. The zero-order chi connectivity index (χ0) is 15.0. The zero-order valence-electron chi connectivity index (χ0n) is 13.2. The Bertz CT molecular complexity index is 407. The molecular weight excluding hydrogens is 252 g/mol. The minimum absolute atomic E-state index is 0.511. The molecule has 20 heavy (non-hydrogen) atoms. The molecule has 1 aromatic rings. The van der Waals surface area contributed by atoms with Gasteiger partial charge in [0.15, 0.2) is 5.82 Å². The quantitative estimate of drug-likeness (QED) is 0.726. The van der Waals surface area contributed by atoms with Crippen molar-refractivity contribution in [3.63, 3.8) is 0 Å². The van der Waals surface area contributed by atoms with Crippen molar-refractivity contribution in [3.05, 3.63) is 5.82 Å². The number of aromatic nitrogens is 2. The van der Waals surface area contributed by atoms with Gasteiger partial charge in [-0.15, -0.1) is 0 Å². The third kappa shape index (κ3) is 5.23. The summed E-state index contributed by atoms with van der Waals surface area (Å²) in [7, 11) is 0. The van der Waals surface area contributed by atoms with Crippen molar-refractivity contribution in [2.45, 2.75) is 53.4 Å². The smallest absolute Gasteiger partial charge is 0.242 e. The van der Waals surface area contributed by atoms with Crippen molar-refractivity contribution in [1.29, 1.82) is 0 Å². The first kappa shape index (κ1) is 16.5. The Labute approximate surface area is 122 Å². The predicted octanol–water partition coefficient (Wildman–Crippen LogP) is 3.26. The molecule has 0 aliphatic carbocycles. The van der Waals surface area contributed by atoms with Crippen LogP contribution in [0, 0.1) is 5.92 Å². The lowest BCUT2D eigenvalue weighted by Crippen LogP contribution is -2.13. The molecule has 0 amide bonds. The van der Waals surface area contributed by atoms with E-state index in [-0.39, 0.29) is 0 Å². The van der Waals surface area contributed by atoms with E-state index in [9.17, 15) is 0 Å². The van der Waals surface area contributed by atoms with Gasteiger partial charge in [-0.1, -0.05) is 27.7 Å². The molecule has 0 radical (unpaired) electrons. The topological polar surface area (TPSA) is 73.1 Å². The molecular formula is C15H28N4O. The Kier molecular flexibility index (Phi) is 7.12. The Morgan fingerprint density at radius 2 is 1.95 bits per heavy atom. The van der Waals surface area contributed by atoms with Crippen molar-refractivity contribution in [2.75, 3.05) is 24.2 Å². The molecule has 114 valence electrons. The Morgan fingerprint density at radius 3 is 2.55 bits per heavy atom. The Balaban J connectivity index is 2.86. The lowest BCUT2D eigenvalue weighted by atomic mass is 10.1. The molecule has 0 fully saturated rings. The van der Waals surface area contributed by atoms with Crippen LogP contribution in [-0.4, -0.2) is 23.1 Å². The average molecular weight is 280 g/mol. The number of hydrogen-bond donors (Lipinski definition) is 2. The van der Waals surface area contributed by atoms with Gasteiger partial charge in [-0.2, -0.15) is 4.98 Å². The first-order chi connectivity index (χ1) is 9.58. The maximum absolute atomic E-state index is 6.09. The van der Waals surface area contributed by atoms with E-state index in [0.29, 0.717) is 29.9 Å². The van der Waals surface area contributed by atoms with Crippen molar-refractivity contribution < 1.29 is 4.74 Å². The number of nitrogens with zero attached hydrogens (tertiary/aromatic N) is 2. The first-order valence-electron chi connectivity index (χ1n) is 7.61. The van der Waals surface area contributed by atoms with Gasteiger partial charge >= 0.3 is 0 Å². The summed E-state index contributed by atoms with van der Waals surface area (Å²) < 4.78 is 5.62. The van der Waals surface area contributed by atoms with Crippen LogP contribution < -0.4 is 15.8 Å². The maximum Gasteiger partial charge on any atom is 0.242 e. The fourth-order valence-electron chi connectivity index (χ4n) is 1.75. The summed E-state index contributed by atoms with van der Waals surface area (Å²) >= 11 is 0. The van der Waals surface area contributed by atoms with Gasteiger partial charge in [0.2, 0.25) is 5.88 Å². The van der Waals surface area contributed by atoms with E-state index in [1.165, 1.54) is 0 Å². The summed E-state index contributed by atoms with van der Waals surface area (Å²) in [4.78, 5) is 8.91. The molecule has 0 unspecified atom stereocenters. The third-order valence-corrected chi connectivity index (χ3v) is 2.89. The van der Waals surface area contributed by atoms with E-state index < -0.39 is 0 Å². The normalized spacial score (nSPS) is 10.8. The number of anilines is 2. The first-order valence-corrected chi connectivity index (χ1v) is 7.61. The number of nitrogens with one attached hydrogen (secondary N) is 1. The van der Waals surface area contributed by atoms with Crippen molar-refractivity contribution in [3.8, 4) is 5.88 Å². The van der Waals surface area contributed by atoms with Crippen LogP contribution in [0.15, 0.2) is 0 Å². The third-order valence-electron chi connectivity index (χ3n) is 2.89. The molecule has 1 aromatic heterocycles. The minimum Gasteiger partial charge on any atom is -0.476 e. The van der Waals surface area contributed by atoms with E-state index in [1.807, 2.05) is 0 Å². The Hall–Kier alpha value is -1.52. The highest BCUT2D eigenvalue weighted by Crippen LogP contribution is 2.26. The molecule has 1 heterocycles. The van der Waals surface area contributed by atoms with Crippen LogP contribution in [0.5, 0.6) is 5.88 Å². The van der Waals surface area contributed by atoms with Gasteiger partial charge in [0.05, 0.1) is 6.61 Å². The molecule has 0 atom stereocenters. The van der Waals surface area contributed by atoms with Gasteiger partial charge in [-0.05, 0) is 25.2 Å². The number of rotatable bonds is 9. The summed E-state index contributed by atoms with van der Waals surface area (Å²) in [5.74, 6) is 2.66. The summed E-state index contributed by atoms with van der Waals surface area (Å²) in [5.41, 5.74) is 6.61. The van der Waals surface area contributed by atoms with Crippen LogP contribution in [0.2, 0.25) is 0 Å². The van der Waals surface area contributed by atoms with Crippen molar-refractivity contribution >= 4 is 11.5 Å². The molecule has 0 spiro atoms. The monoisotopic (exact) mass is 280 g/mol. The molecule has 0 saturated carbocycles. The molecule has 0 aliphatic rings. The number of aryl methyl sites for hydroxylation is 1. The number of nitrogens with two attached hydrogens (primary N) is 1. The summed E-state index contributed by atoms with van der Waals surface area (Å²) in [5, 5.41) is 3.30. The largest absolute Gasteiger partial charge is 0.476 e. The molecule has 0 saturated heterocycles. The minimum atomic E-state index is 0.511. The highest BCUT2D eigenvalue weighted by atomic mass is 16.5. The van der Waals surface area contributed by atoms with E-state index in [1.54, 1.807) is 0 Å². The fourth-order valence-corrected chi connectivity index (χ4v) is 1.75. The Morgan fingerprint density at radius 1 is 1.20 bits per heavy atom. The molecule has 3 N–H and O–H groups in total. The lowest BCUT2D eigenvalue weighted by Gasteiger charge is -2.14. The van der Waals surface area contributed by atoms with E-state index in [0.717, 1.165) is 38.1 Å². The number of nitrogen functional groups attached to an aromatic ring is 1. The second-order valence-corrected chi connectivity index (χ2v) is 5.42. The SMILES string of the molecule is CCCOc1nc(CCC)nc(NCCC(C)C)c1N. The van der Waals surface area contributed by atoms with Crippen LogP contribution in [0.3, 0.4) is 0 Å². The van der Waals surface area contributed by atoms with Gasteiger partial charge in [0, 0.05) is 13.0 Å². The van der Waals surface area contributed by atoms with Crippen molar-refractivity contribution in [2.24, 2.45) is 5.92 Å². The molecule has 5 nitrogen and oxygen atoms in total. The average Bonchev–Trinajstić information content (AvgIpc) is 2.40. The molecule has 0 aromatic carbocycles. The second kappa shape index (κ2) is 8.61. The van der Waals surface area contributed by atoms with E-state index >= 15 is 0 Å². The molecule has 1 rings (SSSR count). The van der Waals surface area contributed by atoms with Crippen LogP contribution in [0.4, 0.5) is 11.5 Å². The summed E-state index contributed by atoms with van der Waals surface area (Å²) in [6.07, 6.45) is 3.85. The van der Waals surface area contributed by atoms with E-state index in [4.69, 9.17) is 10.5 Å². The van der Waals surface area contributed by atoms with Crippen LogP contribution >= 0.6 is 0 Å². The number of ether oxygens (including phenoxy) is 1. The summed E-state index contributed by atoms with van der Waals surface area (Å²) in [6, 6.07) is 0. The number of hydrogen-bond acceptors (Lipinski definition) is 5. The van der Waals surface area contributed by atoms with Crippen LogP contribution in [0.25, 0.3) is 0 Å². The van der Waals surface area contributed by atoms with Crippen LogP contribution in [0.1, 0.15) is 52.8 Å². The lowest BCUT2D eigenvalue weighted by molar-refractivity contribution is 0.305. The van der Waals surface area contributed by atoms with Gasteiger partial charge < -0.3 is 15.8 Å². The van der Waals surface area contributed by atoms with Gasteiger partial charge in [-0.3, -0.25) is 0 Å². The van der Waals surface area contributed by atoms with Crippen LogP contribution in [-0.2, 0) is 6.42 Å². The second-order valence-electron chi connectivity index (χ2n) is 5.42. The van der Waals surface area contributed by atoms with Crippen molar-refractivity contribution in [1.82, 2.24) is 9.97 Å². The standard InChI is InChI=1S/C15H28N4O/c1-5-7-12-18-14(17-9-8-11(3)4)13(16)15(19-12)20-10-6-2/h11H,5-10,16H2,1-4H3,(H,17,18,19).